The highest BCUT2D eigenvalue weighted by molar-refractivity contribution is 5.94. The summed E-state index contributed by atoms with van der Waals surface area (Å²) in [5.41, 5.74) is 0.591. The number of hydrogen-bond acceptors (Lipinski definition) is 5. The van der Waals surface area contributed by atoms with Crippen LogP contribution in [0.25, 0.3) is 0 Å². The molecule has 0 aliphatic carbocycles. The number of ether oxygens (including phenoxy) is 2. The number of amides is 2. The number of carbonyl (C=O) groups is 2. The van der Waals surface area contributed by atoms with Gasteiger partial charge in [0.15, 0.2) is 0 Å². The first kappa shape index (κ1) is 22.0. The summed E-state index contributed by atoms with van der Waals surface area (Å²) in [7, 11) is 3.15. The van der Waals surface area contributed by atoms with Crippen molar-refractivity contribution in [2.45, 2.75) is 39.0 Å². The number of anilines is 1. The fourth-order valence-electron chi connectivity index (χ4n) is 3.39. The van der Waals surface area contributed by atoms with Gasteiger partial charge in [-0.1, -0.05) is 19.8 Å². The Bertz CT molecular complexity index is 643. The van der Waals surface area contributed by atoms with Crippen molar-refractivity contribution in [1.29, 1.82) is 0 Å². The third kappa shape index (κ3) is 6.71. The van der Waals surface area contributed by atoms with Crippen molar-refractivity contribution in [2.24, 2.45) is 5.92 Å². The van der Waals surface area contributed by atoms with Gasteiger partial charge in [0.2, 0.25) is 11.8 Å². The maximum absolute atomic E-state index is 12.4. The first-order valence-electron chi connectivity index (χ1n) is 10.1. The minimum absolute atomic E-state index is 0.0550. The minimum atomic E-state index is -0.103. The highest BCUT2D eigenvalue weighted by Crippen LogP contribution is 2.29. The van der Waals surface area contributed by atoms with Gasteiger partial charge in [0.25, 0.3) is 0 Å². The smallest absolute Gasteiger partial charge is 0.238 e. The molecule has 1 saturated heterocycles. The van der Waals surface area contributed by atoms with Crippen molar-refractivity contribution in [2.75, 3.05) is 45.7 Å². The zero-order valence-corrected chi connectivity index (χ0v) is 17.3. The van der Waals surface area contributed by atoms with Crippen LogP contribution < -0.4 is 20.1 Å². The fourth-order valence-corrected chi connectivity index (χ4v) is 3.39. The summed E-state index contributed by atoms with van der Waals surface area (Å²) in [6.45, 7) is 4.70. The number of rotatable bonds is 10. The van der Waals surface area contributed by atoms with Crippen LogP contribution >= 0.6 is 0 Å². The van der Waals surface area contributed by atoms with Crippen LogP contribution in [0.1, 0.15) is 39.0 Å². The van der Waals surface area contributed by atoms with E-state index in [-0.39, 0.29) is 17.7 Å². The molecule has 0 bridgehead atoms. The molecule has 0 radical (unpaired) electrons. The topological polar surface area (TPSA) is 79.9 Å². The van der Waals surface area contributed by atoms with Crippen molar-refractivity contribution in [3.8, 4) is 11.5 Å². The highest BCUT2D eigenvalue weighted by Gasteiger charge is 2.25. The Labute approximate surface area is 167 Å². The number of nitrogens with zero attached hydrogens (tertiary/aromatic N) is 1. The van der Waals surface area contributed by atoms with Crippen molar-refractivity contribution in [3.05, 3.63) is 18.2 Å². The molecule has 0 aromatic heterocycles. The Morgan fingerprint density at radius 2 is 1.89 bits per heavy atom. The Morgan fingerprint density at radius 3 is 2.54 bits per heavy atom. The molecule has 1 fully saturated rings. The van der Waals surface area contributed by atoms with Gasteiger partial charge in [-0.15, -0.1) is 0 Å². The Hall–Kier alpha value is -2.28. The number of carbonyl (C=O) groups excluding carboxylic acids is 2. The molecular formula is C21H33N3O4. The Morgan fingerprint density at radius 1 is 1.14 bits per heavy atom. The molecule has 7 heteroatoms. The number of piperidine rings is 1. The van der Waals surface area contributed by atoms with E-state index in [1.165, 1.54) is 0 Å². The van der Waals surface area contributed by atoms with E-state index < -0.39 is 0 Å². The van der Waals surface area contributed by atoms with Gasteiger partial charge in [0.1, 0.15) is 11.5 Å². The Balaban J connectivity index is 1.77. The molecule has 0 atom stereocenters. The van der Waals surface area contributed by atoms with Crippen LogP contribution in [-0.2, 0) is 9.59 Å². The van der Waals surface area contributed by atoms with Crippen molar-refractivity contribution in [3.63, 3.8) is 0 Å². The molecule has 1 heterocycles. The Kier molecular flexibility index (Phi) is 9.07. The van der Waals surface area contributed by atoms with Crippen LogP contribution in [-0.4, -0.2) is 57.1 Å². The van der Waals surface area contributed by atoms with Gasteiger partial charge in [-0.3, -0.25) is 14.5 Å². The van der Waals surface area contributed by atoms with Gasteiger partial charge in [0.05, 0.1) is 26.5 Å². The summed E-state index contributed by atoms with van der Waals surface area (Å²) < 4.78 is 10.5. The number of unbranched alkanes of at least 4 members (excludes halogenated alkanes) is 2. The summed E-state index contributed by atoms with van der Waals surface area (Å²) in [5.74, 6) is 1.35. The lowest BCUT2D eigenvalue weighted by Gasteiger charge is -2.30. The maximum Gasteiger partial charge on any atom is 0.238 e. The lowest BCUT2D eigenvalue weighted by molar-refractivity contribution is -0.126. The molecule has 2 amide bonds. The number of nitrogens with one attached hydrogen (secondary N) is 2. The van der Waals surface area contributed by atoms with Crippen LogP contribution in [0.15, 0.2) is 18.2 Å². The van der Waals surface area contributed by atoms with E-state index in [2.05, 4.69) is 22.5 Å². The first-order valence-corrected chi connectivity index (χ1v) is 10.1. The lowest BCUT2D eigenvalue weighted by Crippen LogP contribution is -2.43. The third-order valence-corrected chi connectivity index (χ3v) is 5.09. The fraction of sp³-hybridized carbons (Fsp3) is 0.619. The number of hydrogen-bond donors (Lipinski definition) is 2. The molecule has 2 N–H and O–H groups in total. The largest absolute Gasteiger partial charge is 0.497 e. The molecule has 1 aliphatic heterocycles. The van der Waals surface area contributed by atoms with E-state index in [1.54, 1.807) is 32.4 Å². The van der Waals surface area contributed by atoms with E-state index in [1.807, 2.05) is 0 Å². The average molecular weight is 392 g/mol. The standard InChI is InChI=1S/C21H33N3O4/c1-4-5-6-11-22-21(26)16-9-12-24(13-10-16)15-20(25)23-18-14-17(27-2)7-8-19(18)28-3/h7-8,14,16H,4-6,9-13,15H2,1-3H3,(H,22,26)(H,23,25). The molecule has 28 heavy (non-hydrogen) atoms. The lowest BCUT2D eigenvalue weighted by atomic mass is 9.96. The van der Waals surface area contributed by atoms with Crippen molar-refractivity contribution in [1.82, 2.24) is 10.2 Å². The predicted octanol–water partition coefficient (Wildman–Crippen LogP) is 2.66. The molecule has 0 saturated carbocycles. The van der Waals surface area contributed by atoms with Crippen molar-refractivity contribution < 1.29 is 19.1 Å². The second-order valence-electron chi connectivity index (χ2n) is 7.16. The summed E-state index contributed by atoms with van der Waals surface area (Å²) in [6.07, 6.45) is 4.91. The van der Waals surface area contributed by atoms with Gasteiger partial charge in [-0.25, -0.2) is 0 Å². The number of likely N-dealkylation sites (tertiary alicyclic amines) is 1. The van der Waals surface area contributed by atoms with Crippen LogP contribution in [0.3, 0.4) is 0 Å². The van der Waals surface area contributed by atoms with Crippen LogP contribution in [0.4, 0.5) is 5.69 Å². The monoisotopic (exact) mass is 391 g/mol. The molecule has 1 aliphatic rings. The molecule has 156 valence electrons. The molecule has 1 aromatic carbocycles. The van der Waals surface area contributed by atoms with Gasteiger partial charge in [0, 0.05) is 18.5 Å². The zero-order valence-electron chi connectivity index (χ0n) is 17.3. The molecule has 2 rings (SSSR count). The zero-order chi connectivity index (χ0) is 20.4. The molecule has 0 spiro atoms. The minimum Gasteiger partial charge on any atom is -0.497 e. The second kappa shape index (κ2) is 11.5. The van der Waals surface area contributed by atoms with Gasteiger partial charge in [-0.2, -0.15) is 0 Å². The van der Waals surface area contributed by atoms with E-state index >= 15 is 0 Å². The first-order chi connectivity index (χ1) is 13.6. The summed E-state index contributed by atoms with van der Waals surface area (Å²) in [6, 6.07) is 5.29. The summed E-state index contributed by atoms with van der Waals surface area (Å²) in [4.78, 5) is 26.8. The quantitative estimate of drug-likeness (QED) is 0.600. The van der Waals surface area contributed by atoms with E-state index in [0.29, 0.717) is 23.7 Å². The van der Waals surface area contributed by atoms with Gasteiger partial charge >= 0.3 is 0 Å². The third-order valence-electron chi connectivity index (χ3n) is 5.09. The number of methoxy groups -OCH3 is 2. The maximum atomic E-state index is 12.4. The molecule has 1 aromatic rings. The average Bonchev–Trinajstić information content (AvgIpc) is 2.71. The van der Waals surface area contributed by atoms with Gasteiger partial charge < -0.3 is 20.1 Å². The highest BCUT2D eigenvalue weighted by atomic mass is 16.5. The summed E-state index contributed by atoms with van der Waals surface area (Å²) >= 11 is 0. The SMILES string of the molecule is CCCCCNC(=O)C1CCN(CC(=O)Nc2cc(OC)ccc2OC)CC1. The van der Waals surface area contributed by atoms with Crippen LogP contribution in [0.2, 0.25) is 0 Å². The molecular weight excluding hydrogens is 358 g/mol. The molecule has 7 nitrogen and oxygen atoms in total. The van der Waals surface area contributed by atoms with E-state index in [4.69, 9.17) is 9.47 Å². The van der Waals surface area contributed by atoms with Gasteiger partial charge in [-0.05, 0) is 44.5 Å². The van der Waals surface area contributed by atoms with Crippen LogP contribution in [0.5, 0.6) is 11.5 Å². The van der Waals surface area contributed by atoms with E-state index in [9.17, 15) is 9.59 Å². The van der Waals surface area contributed by atoms with Crippen molar-refractivity contribution >= 4 is 17.5 Å². The predicted molar refractivity (Wildman–Crippen MR) is 110 cm³/mol. The van der Waals surface area contributed by atoms with E-state index in [0.717, 1.165) is 51.7 Å². The summed E-state index contributed by atoms with van der Waals surface area (Å²) in [5, 5.41) is 5.93. The second-order valence-corrected chi connectivity index (χ2v) is 7.16. The number of benzene rings is 1. The molecule has 0 unspecified atom stereocenters. The normalized spacial score (nSPS) is 15.1. The van der Waals surface area contributed by atoms with Crippen LogP contribution in [0, 0.1) is 5.92 Å².